The quantitative estimate of drug-likeness (QED) is 0.818. The van der Waals surface area contributed by atoms with Crippen LogP contribution in [-0.2, 0) is 29.2 Å². The zero-order valence-corrected chi connectivity index (χ0v) is 11.5. The molecule has 0 aliphatic carbocycles. The van der Waals surface area contributed by atoms with E-state index in [4.69, 9.17) is 0 Å². The zero-order chi connectivity index (χ0) is 12.6. The maximum atomic E-state index is 11.6. The first-order valence-corrected chi connectivity index (χ1v) is 8.70. The Morgan fingerprint density at radius 3 is 3.00 bits per heavy atom. The largest absolute Gasteiger partial charge is 0.335 e. The second-order valence-corrected chi connectivity index (χ2v) is 7.85. The molecule has 0 radical (unpaired) electrons. The lowest BCUT2D eigenvalue weighted by Gasteiger charge is -2.20. The molecule has 1 saturated heterocycles. The molecular formula is C13H20N2O2S. The molecule has 0 N–H and O–H groups in total. The first kappa shape index (κ1) is 12.2. The van der Waals surface area contributed by atoms with Gasteiger partial charge in [0.15, 0.2) is 9.84 Å². The van der Waals surface area contributed by atoms with E-state index in [1.165, 1.54) is 18.7 Å². The normalized spacial score (nSPS) is 26.8. The van der Waals surface area contributed by atoms with Gasteiger partial charge in [-0.05, 0) is 38.0 Å². The van der Waals surface area contributed by atoms with Crippen LogP contribution in [0, 0.1) is 5.92 Å². The number of hydrogen-bond acceptors (Lipinski definition) is 3. The SMILES string of the molecule is O=S1(=O)CCCC(Cc2cn3c(n2)CCCC3)C1. The first-order chi connectivity index (χ1) is 8.62. The molecule has 1 aromatic heterocycles. The number of fused-ring (bicyclic) bond motifs is 1. The Bertz CT molecular complexity index is 510. The van der Waals surface area contributed by atoms with Gasteiger partial charge in [0.1, 0.15) is 5.82 Å². The van der Waals surface area contributed by atoms with E-state index < -0.39 is 9.84 Å². The van der Waals surface area contributed by atoms with Gasteiger partial charge >= 0.3 is 0 Å². The molecule has 18 heavy (non-hydrogen) atoms. The van der Waals surface area contributed by atoms with E-state index in [0.29, 0.717) is 11.5 Å². The van der Waals surface area contributed by atoms with Crippen LogP contribution < -0.4 is 0 Å². The van der Waals surface area contributed by atoms with Gasteiger partial charge in [0.2, 0.25) is 0 Å². The minimum atomic E-state index is -2.79. The van der Waals surface area contributed by atoms with E-state index >= 15 is 0 Å². The highest BCUT2D eigenvalue weighted by molar-refractivity contribution is 7.91. The smallest absolute Gasteiger partial charge is 0.150 e. The van der Waals surface area contributed by atoms with Crippen molar-refractivity contribution in [2.75, 3.05) is 11.5 Å². The number of sulfone groups is 1. The summed E-state index contributed by atoms with van der Waals surface area (Å²) in [5, 5.41) is 0. The van der Waals surface area contributed by atoms with Crippen molar-refractivity contribution in [3.8, 4) is 0 Å². The summed E-state index contributed by atoms with van der Waals surface area (Å²) in [6.45, 7) is 1.07. The van der Waals surface area contributed by atoms with Crippen molar-refractivity contribution in [1.82, 2.24) is 9.55 Å². The van der Waals surface area contributed by atoms with Gasteiger partial charge in [-0.15, -0.1) is 0 Å². The summed E-state index contributed by atoms with van der Waals surface area (Å²) in [5.41, 5.74) is 1.09. The molecule has 4 nitrogen and oxygen atoms in total. The van der Waals surface area contributed by atoms with Crippen LogP contribution in [0.1, 0.15) is 37.2 Å². The highest BCUT2D eigenvalue weighted by atomic mass is 32.2. The average molecular weight is 268 g/mol. The predicted octanol–water partition coefficient (Wildman–Crippen LogP) is 1.59. The number of aromatic nitrogens is 2. The molecule has 1 fully saturated rings. The molecule has 1 atom stereocenters. The highest BCUT2D eigenvalue weighted by Crippen LogP contribution is 2.23. The van der Waals surface area contributed by atoms with Gasteiger partial charge in [-0.2, -0.15) is 0 Å². The Labute approximate surface area is 108 Å². The van der Waals surface area contributed by atoms with Crippen LogP contribution in [0.3, 0.4) is 0 Å². The summed E-state index contributed by atoms with van der Waals surface area (Å²) in [4.78, 5) is 4.66. The number of rotatable bonds is 2. The van der Waals surface area contributed by atoms with Crippen molar-refractivity contribution in [3.05, 3.63) is 17.7 Å². The van der Waals surface area contributed by atoms with Crippen molar-refractivity contribution in [2.45, 2.75) is 45.1 Å². The molecule has 5 heteroatoms. The number of aryl methyl sites for hydroxylation is 2. The summed E-state index contributed by atoms with van der Waals surface area (Å²) in [6, 6.07) is 0. The van der Waals surface area contributed by atoms with Crippen LogP contribution >= 0.6 is 0 Å². The van der Waals surface area contributed by atoms with Crippen molar-refractivity contribution < 1.29 is 8.42 Å². The number of hydrogen-bond donors (Lipinski definition) is 0. The Morgan fingerprint density at radius 2 is 2.22 bits per heavy atom. The summed E-state index contributed by atoms with van der Waals surface area (Å²) < 4.78 is 25.5. The first-order valence-electron chi connectivity index (χ1n) is 6.88. The molecule has 0 saturated carbocycles. The van der Waals surface area contributed by atoms with Crippen LogP contribution in [0.2, 0.25) is 0 Å². The molecule has 100 valence electrons. The minimum Gasteiger partial charge on any atom is -0.335 e. The maximum absolute atomic E-state index is 11.6. The van der Waals surface area contributed by atoms with Gasteiger partial charge in [0.05, 0.1) is 17.2 Å². The van der Waals surface area contributed by atoms with Crippen molar-refractivity contribution >= 4 is 9.84 Å². The summed E-state index contributed by atoms with van der Waals surface area (Å²) in [6.07, 6.45) is 8.36. The highest BCUT2D eigenvalue weighted by Gasteiger charge is 2.25. The maximum Gasteiger partial charge on any atom is 0.150 e. The molecule has 2 aliphatic heterocycles. The Hall–Kier alpha value is -0.840. The average Bonchev–Trinajstić information content (AvgIpc) is 2.69. The fourth-order valence-corrected chi connectivity index (χ4v) is 4.92. The van der Waals surface area contributed by atoms with E-state index in [2.05, 4.69) is 15.7 Å². The molecule has 1 unspecified atom stereocenters. The van der Waals surface area contributed by atoms with Crippen molar-refractivity contribution in [1.29, 1.82) is 0 Å². The molecule has 0 bridgehead atoms. The molecule has 0 amide bonds. The third-order valence-corrected chi connectivity index (χ3v) is 5.90. The lowest BCUT2D eigenvalue weighted by atomic mass is 10.00. The fraction of sp³-hybridized carbons (Fsp3) is 0.769. The fourth-order valence-electron chi connectivity index (χ4n) is 3.14. The molecule has 1 aromatic rings. The van der Waals surface area contributed by atoms with Crippen LogP contribution in [0.25, 0.3) is 0 Å². The molecule has 3 heterocycles. The molecule has 3 rings (SSSR count). The van der Waals surface area contributed by atoms with Gasteiger partial charge in [0, 0.05) is 19.2 Å². The van der Waals surface area contributed by atoms with Gasteiger partial charge < -0.3 is 4.57 Å². The Morgan fingerprint density at radius 1 is 1.33 bits per heavy atom. The van der Waals surface area contributed by atoms with Crippen molar-refractivity contribution in [2.24, 2.45) is 5.92 Å². The van der Waals surface area contributed by atoms with Gasteiger partial charge in [-0.3, -0.25) is 0 Å². The third-order valence-electron chi connectivity index (χ3n) is 4.01. The van der Waals surface area contributed by atoms with Crippen molar-refractivity contribution in [3.63, 3.8) is 0 Å². The minimum absolute atomic E-state index is 0.278. The Balaban J connectivity index is 1.71. The molecule has 2 aliphatic rings. The standard InChI is InChI=1S/C13H20N2O2S/c16-18(17)7-3-4-11(10-18)8-12-9-15-6-2-1-5-13(15)14-12/h9,11H,1-8,10H2. The topological polar surface area (TPSA) is 52.0 Å². The van der Waals surface area contributed by atoms with Crippen LogP contribution in [0.5, 0.6) is 0 Å². The number of imidazole rings is 1. The number of nitrogens with zero attached hydrogens (tertiary/aromatic N) is 2. The summed E-state index contributed by atoms with van der Waals surface area (Å²) in [5.74, 6) is 2.20. The molecular weight excluding hydrogens is 248 g/mol. The lowest BCUT2D eigenvalue weighted by molar-refractivity contribution is 0.480. The van der Waals surface area contributed by atoms with E-state index in [0.717, 1.165) is 37.9 Å². The second kappa shape index (κ2) is 4.68. The summed E-state index contributed by atoms with van der Waals surface area (Å²) >= 11 is 0. The lowest BCUT2D eigenvalue weighted by Crippen LogP contribution is -2.26. The van der Waals surface area contributed by atoms with Crippen LogP contribution in [-0.4, -0.2) is 29.5 Å². The second-order valence-electron chi connectivity index (χ2n) is 5.63. The summed E-state index contributed by atoms with van der Waals surface area (Å²) in [7, 11) is -2.79. The van der Waals surface area contributed by atoms with E-state index in [-0.39, 0.29) is 5.92 Å². The monoisotopic (exact) mass is 268 g/mol. The third kappa shape index (κ3) is 2.60. The molecule has 0 spiro atoms. The van der Waals surface area contributed by atoms with Gasteiger partial charge in [-0.1, -0.05) is 0 Å². The van der Waals surface area contributed by atoms with Gasteiger partial charge in [0.25, 0.3) is 0 Å². The van der Waals surface area contributed by atoms with E-state index in [1.807, 2.05) is 0 Å². The van der Waals surface area contributed by atoms with E-state index in [1.54, 1.807) is 0 Å². The zero-order valence-electron chi connectivity index (χ0n) is 10.6. The van der Waals surface area contributed by atoms with E-state index in [9.17, 15) is 8.42 Å². The van der Waals surface area contributed by atoms with Gasteiger partial charge in [-0.25, -0.2) is 13.4 Å². The predicted molar refractivity (Wildman–Crippen MR) is 70.2 cm³/mol. The molecule has 0 aromatic carbocycles. The van der Waals surface area contributed by atoms with Crippen LogP contribution in [0.4, 0.5) is 0 Å². The Kier molecular flexibility index (Phi) is 3.18. The van der Waals surface area contributed by atoms with Crippen LogP contribution in [0.15, 0.2) is 6.20 Å².